The van der Waals surface area contributed by atoms with Crippen LogP contribution in [0.2, 0.25) is 0 Å². The summed E-state index contributed by atoms with van der Waals surface area (Å²) in [5, 5.41) is 3.80. The topological polar surface area (TPSA) is 15.3 Å². The van der Waals surface area contributed by atoms with Gasteiger partial charge in [-0.1, -0.05) is 26.7 Å². The number of rotatable bonds is 6. The average Bonchev–Trinajstić information content (AvgIpc) is 3.05. The van der Waals surface area contributed by atoms with E-state index in [9.17, 15) is 0 Å². The van der Waals surface area contributed by atoms with Crippen LogP contribution in [0.1, 0.15) is 66.7 Å². The van der Waals surface area contributed by atoms with E-state index < -0.39 is 0 Å². The molecule has 2 unspecified atom stereocenters. The highest BCUT2D eigenvalue weighted by Gasteiger charge is 2.38. The Morgan fingerprint density at radius 1 is 1.14 bits per heavy atom. The maximum atomic E-state index is 3.80. The van der Waals surface area contributed by atoms with Crippen molar-refractivity contribution in [2.45, 2.75) is 72.3 Å². The molecule has 1 N–H and O–H groups in total. The predicted octanol–water partition coefficient (Wildman–Crippen LogP) is 4.16. The van der Waals surface area contributed by atoms with E-state index in [1.165, 1.54) is 51.7 Å². The molecule has 2 rings (SSSR count). The Labute approximate surface area is 133 Å². The molecule has 2 aliphatic rings. The largest absolute Gasteiger partial charge is 0.311 e. The van der Waals surface area contributed by atoms with E-state index in [-0.39, 0.29) is 5.54 Å². The molecular formula is C19H38N2. The molecule has 0 aliphatic heterocycles. The van der Waals surface area contributed by atoms with Crippen LogP contribution >= 0.6 is 0 Å². The van der Waals surface area contributed by atoms with Crippen molar-refractivity contribution >= 4 is 0 Å². The van der Waals surface area contributed by atoms with Gasteiger partial charge < -0.3 is 10.2 Å². The third-order valence-electron chi connectivity index (χ3n) is 5.76. The van der Waals surface area contributed by atoms with Crippen LogP contribution in [-0.2, 0) is 0 Å². The van der Waals surface area contributed by atoms with Crippen LogP contribution in [0.5, 0.6) is 0 Å². The number of nitrogens with zero attached hydrogens (tertiary/aromatic N) is 1. The van der Waals surface area contributed by atoms with Gasteiger partial charge in [0.05, 0.1) is 0 Å². The lowest BCUT2D eigenvalue weighted by molar-refractivity contribution is 0.0890. The van der Waals surface area contributed by atoms with E-state index in [2.05, 4.69) is 51.9 Å². The summed E-state index contributed by atoms with van der Waals surface area (Å²) in [5.74, 6) is 2.88. The molecule has 0 radical (unpaired) electrons. The second kappa shape index (κ2) is 6.58. The van der Waals surface area contributed by atoms with Crippen molar-refractivity contribution in [3.8, 4) is 0 Å². The summed E-state index contributed by atoms with van der Waals surface area (Å²) in [6, 6.07) is 0. The van der Waals surface area contributed by atoms with Gasteiger partial charge in [0.15, 0.2) is 0 Å². The van der Waals surface area contributed by atoms with Gasteiger partial charge in [-0.25, -0.2) is 0 Å². The molecule has 0 aromatic rings. The van der Waals surface area contributed by atoms with Crippen molar-refractivity contribution in [1.82, 2.24) is 10.2 Å². The van der Waals surface area contributed by atoms with Crippen LogP contribution in [0.25, 0.3) is 0 Å². The summed E-state index contributed by atoms with van der Waals surface area (Å²) in [6.45, 7) is 15.5. The Balaban J connectivity index is 1.91. The minimum Gasteiger partial charge on any atom is -0.311 e. The molecule has 2 heteroatoms. The van der Waals surface area contributed by atoms with Gasteiger partial charge in [0.2, 0.25) is 0 Å². The van der Waals surface area contributed by atoms with Gasteiger partial charge in [-0.3, -0.25) is 0 Å². The van der Waals surface area contributed by atoms with Crippen LogP contribution in [0.3, 0.4) is 0 Å². The summed E-state index contributed by atoms with van der Waals surface area (Å²) >= 11 is 0. The molecule has 2 fully saturated rings. The summed E-state index contributed by atoms with van der Waals surface area (Å²) in [6.07, 6.45) is 7.09. The van der Waals surface area contributed by atoms with E-state index in [4.69, 9.17) is 0 Å². The summed E-state index contributed by atoms with van der Waals surface area (Å²) in [4.78, 5) is 2.63. The smallest absolute Gasteiger partial charge is 0.00967 e. The second-order valence-electron chi connectivity index (χ2n) is 9.46. The van der Waals surface area contributed by atoms with Crippen molar-refractivity contribution in [3.05, 3.63) is 0 Å². The Morgan fingerprint density at radius 3 is 2.19 bits per heavy atom. The summed E-state index contributed by atoms with van der Waals surface area (Å²) < 4.78 is 0. The van der Waals surface area contributed by atoms with E-state index in [0.29, 0.717) is 5.41 Å². The fourth-order valence-corrected chi connectivity index (χ4v) is 3.91. The van der Waals surface area contributed by atoms with Crippen LogP contribution in [0, 0.1) is 23.2 Å². The zero-order chi connectivity index (χ0) is 15.7. The van der Waals surface area contributed by atoms with Gasteiger partial charge >= 0.3 is 0 Å². The molecule has 2 nitrogen and oxygen atoms in total. The maximum Gasteiger partial charge on any atom is 0.00967 e. The number of nitrogens with one attached hydrogen (secondary N) is 1. The van der Waals surface area contributed by atoms with E-state index in [1.807, 2.05) is 0 Å². The highest BCUT2D eigenvalue weighted by molar-refractivity contribution is 4.92. The normalized spacial score (nSPS) is 37.0. The first-order valence-corrected chi connectivity index (χ1v) is 9.13. The zero-order valence-electron chi connectivity index (χ0n) is 15.3. The Kier molecular flexibility index (Phi) is 5.41. The van der Waals surface area contributed by atoms with Crippen LogP contribution in [0.15, 0.2) is 0 Å². The van der Waals surface area contributed by atoms with Crippen LogP contribution in [-0.4, -0.2) is 37.1 Å². The average molecular weight is 295 g/mol. The standard InChI is InChI=1S/C19H38N2/c1-15-7-9-19(10-8-15,13-20-18(3,4)5)14-21(6)12-17-11-16(17)2/h15-17,20H,7-14H2,1-6H3. The van der Waals surface area contributed by atoms with Crippen LogP contribution in [0.4, 0.5) is 0 Å². The summed E-state index contributed by atoms with van der Waals surface area (Å²) in [5.41, 5.74) is 0.742. The van der Waals surface area contributed by atoms with Crippen molar-refractivity contribution in [1.29, 1.82) is 0 Å². The molecule has 124 valence electrons. The zero-order valence-corrected chi connectivity index (χ0v) is 15.3. The molecule has 0 saturated heterocycles. The van der Waals surface area contributed by atoms with Gasteiger partial charge in [-0.05, 0) is 70.3 Å². The van der Waals surface area contributed by atoms with Crippen molar-refractivity contribution in [3.63, 3.8) is 0 Å². The van der Waals surface area contributed by atoms with Gasteiger partial charge in [-0.2, -0.15) is 0 Å². The van der Waals surface area contributed by atoms with Crippen molar-refractivity contribution in [2.75, 3.05) is 26.7 Å². The van der Waals surface area contributed by atoms with Crippen molar-refractivity contribution in [2.24, 2.45) is 23.2 Å². The highest BCUT2D eigenvalue weighted by atomic mass is 15.1. The summed E-state index contributed by atoms with van der Waals surface area (Å²) in [7, 11) is 2.35. The molecule has 2 aliphatic carbocycles. The lowest BCUT2D eigenvalue weighted by Crippen LogP contribution is -2.50. The van der Waals surface area contributed by atoms with Crippen molar-refractivity contribution < 1.29 is 0 Å². The Hall–Kier alpha value is -0.0800. The predicted molar refractivity (Wildman–Crippen MR) is 92.6 cm³/mol. The quantitative estimate of drug-likeness (QED) is 0.791. The second-order valence-corrected chi connectivity index (χ2v) is 9.46. The van der Waals surface area contributed by atoms with E-state index >= 15 is 0 Å². The van der Waals surface area contributed by atoms with Crippen LogP contribution < -0.4 is 5.32 Å². The van der Waals surface area contributed by atoms with Gasteiger partial charge in [0, 0.05) is 25.2 Å². The molecule has 2 saturated carbocycles. The first-order chi connectivity index (χ1) is 9.69. The fourth-order valence-electron chi connectivity index (χ4n) is 3.91. The lowest BCUT2D eigenvalue weighted by Gasteiger charge is -2.43. The lowest BCUT2D eigenvalue weighted by atomic mass is 9.70. The minimum atomic E-state index is 0.236. The molecule has 0 spiro atoms. The first kappa shape index (κ1) is 17.3. The van der Waals surface area contributed by atoms with E-state index in [1.54, 1.807) is 0 Å². The van der Waals surface area contributed by atoms with Gasteiger partial charge in [0.25, 0.3) is 0 Å². The molecule has 0 heterocycles. The monoisotopic (exact) mass is 294 g/mol. The minimum absolute atomic E-state index is 0.236. The van der Waals surface area contributed by atoms with E-state index in [0.717, 1.165) is 17.8 Å². The number of hydrogen-bond donors (Lipinski definition) is 1. The molecule has 21 heavy (non-hydrogen) atoms. The maximum absolute atomic E-state index is 3.80. The third-order valence-corrected chi connectivity index (χ3v) is 5.76. The van der Waals surface area contributed by atoms with Gasteiger partial charge in [0.1, 0.15) is 0 Å². The Morgan fingerprint density at radius 2 is 1.71 bits per heavy atom. The molecule has 0 bridgehead atoms. The molecule has 0 aromatic heterocycles. The molecule has 0 amide bonds. The first-order valence-electron chi connectivity index (χ1n) is 9.13. The molecular weight excluding hydrogens is 256 g/mol. The SMILES string of the molecule is CC1CCC(CNC(C)(C)C)(CN(C)CC2CC2C)CC1. The Bertz CT molecular complexity index is 323. The highest BCUT2D eigenvalue weighted by Crippen LogP contribution is 2.41. The fraction of sp³-hybridized carbons (Fsp3) is 1.00. The molecule has 0 aromatic carbocycles. The third kappa shape index (κ3) is 5.56. The van der Waals surface area contributed by atoms with Gasteiger partial charge in [-0.15, -0.1) is 0 Å². The number of hydrogen-bond acceptors (Lipinski definition) is 2. The molecule has 2 atom stereocenters.